The minimum atomic E-state index is 0.286. The molecule has 0 aromatic heterocycles. The monoisotopic (exact) mass is 156 g/mol. The summed E-state index contributed by atoms with van der Waals surface area (Å²) in [6.45, 7) is 9.02. The summed E-state index contributed by atoms with van der Waals surface area (Å²) < 4.78 is 0. The molecule has 1 unspecified atom stereocenters. The highest BCUT2D eigenvalue weighted by molar-refractivity contribution is 4.94. The van der Waals surface area contributed by atoms with E-state index < -0.39 is 0 Å². The van der Waals surface area contributed by atoms with Gasteiger partial charge in [-0.15, -0.1) is 0 Å². The molecule has 66 valence electrons. The Morgan fingerprint density at radius 1 is 1.36 bits per heavy atom. The zero-order valence-corrected chi connectivity index (χ0v) is 7.91. The Hall–Kier alpha value is -0.0800. The summed E-state index contributed by atoms with van der Waals surface area (Å²) >= 11 is 0. The third-order valence-electron chi connectivity index (χ3n) is 2.54. The van der Waals surface area contributed by atoms with Crippen LogP contribution in [0.2, 0.25) is 0 Å². The minimum Gasteiger partial charge on any atom is -0.311 e. The van der Waals surface area contributed by atoms with Crippen LogP contribution in [-0.2, 0) is 0 Å². The SMILES string of the molecule is CCCC1NCCNC1(C)C. The minimum absolute atomic E-state index is 0.286. The summed E-state index contributed by atoms with van der Waals surface area (Å²) in [6, 6.07) is 0.654. The van der Waals surface area contributed by atoms with Crippen molar-refractivity contribution < 1.29 is 0 Å². The van der Waals surface area contributed by atoms with Crippen LogP contribution >= 0.6 is 0 Å². The van der Waals surface area contributed by atoms with E-state index >= 15 is 0 Å². The van der Waals surface area contributed by atoms with Crippen molar-refractivity contribution in [2.24, 2.45) is 0 Å². The van der Waals surface area contributed by atoms with Crippen molar-refractivity contribution in [2.75, 3.05) is 13.1 Å². The van der Waals surface area contributed by atoms with Gasteiger partial charge in [0.1, 0.15) is 0 Å². The quantitative estimate of drug-likeness (QED) is 0.626. The smallest absolute Gasteiger partial charge is 0.0278 e. The lowest BCUT2D eigenvalue weighted by Gasteiger charge is -2.40. The highest BCUT2D eigenvalue weighted by Gasteiger charge is 2.30. The second kappa shape index (κ2) is 3.55. The van der Waals surface area contributed by atoms with Crippen LogP contribution in [0, 0.1) is 0 Å². The molecule has 0 radical (unpaired) electrons. The lowest BCUT2D eigenvalue weighted by Crippen LogP contribution is -2.62. The summed E-state index contributed by atoms with van der Waals surface area (Å²) in [5.74, 6) is 0. The van der Waals surface area contributed by atoms with Crippen molar-refractivity contribution in [1.29, 1.82) is 0 Å². The van der Waals surface area contributed by atoms with Crippen molar-refractivity contribution >= 4 is 0 Å². The molecule has 0 aliphatic carbocycles. The van der Waals surface area contributed by atoms with Gasteiger partial charge in [0, 0.05) is 24.7 Å². The summed E-state index contributed by atoms with van der Waals surface area (Å²) in [6.07, 6.45) is 2.54. The Morgan fingerprint density at radius 2 is 2.09 bits per heavy atom. The second-order valence-corrected chi connectivity index (χ2v) is 3.94. The first-order chi connectivity index (χ1) is 5.17. The molecule has 1 heterocycles. The van der Waals surface area contributed by atoms with Crippen molar-refractivity contribution in [3.05, 3.63) is 0 Å². The second-order valence-electron chi connectivity index (χ2n) is 3.94. The van der Waals surface area contributed by atoms with E-state index in [0.29, 0.717) is 6.04 Å². The lowest BCUT2D eigenvalue weighted by atomic mass is 9.89. The number of hydrogen-bond donors (Lipinski definition) is 2. The van der Waals surface area contributed by atoms with Gasteiger partial charge in [-0.3, -0.25) is 0 Å². The van der Waals surface area contributed by atoms with Crippen LogP contribution in [0.3, 0.4) is 0 Å². The van der Waals surface area contributed by atoms with Gasteiger partial charge in [-0.05, 0) is 20.3 Å². The average Bonchev–Trinajstić information content (AvgIpc) is 1.94. The van der Waals surface area contributed by atoms with Gasteiger partial charge in [-0.25, -0.2) is 0 Å². The fourth-order valence-electron chi connectivity index (χ4n) is 1.76. The summed E-state index contributed by atoms with van der Waals surface area (Å²) in [5.41, 5.74) is 0.286. The van der Waals surface area contributed by atoms with Crippen molar-refractivity contribution in [3.63, 3.8) is 0 Å². The van der Waals surface area contributed by atoms with Gasteiger partial charge in [0.2, 0.25) is 0 Å². The van der Waals surface area contributed by atoms with Crippen LogP contribution in [0.5, 0.6) is 0 Å². The third kappa shape index (κ3) is 2.17. The fourth-order valence-corrected chi connectivity index (χ4v) is 1.76. The highest BCUT2D eigenvalue weighted by Crippen LogP contribution is 2.15. The molecule has 0 aromatic rings. The topological polar surface area (TPSA) is 24.1 Å². The van der Waals surface area contributed by atoms with Crippen LogP contribution in [0.4, 0.5) is 0 Å². The van der Waals surface area contributed by atoms with Crippen LogP contribution in [-0.4, -0.2) is 24.7 Å². The van der Waals surface area contributed by atoms with Crippen LogP contribution in [0.15, 0.2) is 0 Å². The number of piperazine rings is 1. The molecule has 0 aromatic carbocycles. The van der Waals surface area contributed by atoms with Gasteiger partial charge < -0.3 is 10.6 Å². The van der Waals surface area contributed by atoms with E-state index in [2.05, 4.69) is 31.4 Å². The Bertz CT molecular complexity index is 119. The number of rotatable bonds is 2. The normalized spacial score (nSPS) is 30.3. The average molecular weight is 156 g/mol. The predicted molar refractivity (Wildman–Crippen MR) is 48.8 cm³/mol. The molecule has 1 atom stereocenters. The molecule has 1 aliphatic heterocycles. The van der Waals surface area contributed by atoms with Gasteiger partial charge >= 0.3 is 0 Å². The summed E-state index contributed by atoms with van der Waals surface area (Å²) in [5, 5.41) is 7.08. The van der Waals surface area contributed by atoms with Gasteiger partial charge in [-0.2, -0.15) is 0 Å². The fraction of sp³-hybridized carbons (Fsp3) is 1.00. The molecule has 2 nitrogen and oxygen atoms in total. The Morgan fingerprint density at radius 3 is 2.64 bits per heavy atom. The van der Waals surface area contributed by atoms with E-state index in [-0.39, 0.29) is 5.54 Å². The predicted octanol–water partition coefficient (Wildman–Crippen LogP) is 1.13. The van der Waals surface area contributed by atoms with Crippen LogP contribution in [0.25, 0.3) is 0 Å². The molecule has 2 N–H and O–H groups in total. The molecule has 11 heavy (non-hydrogen) atoms. The zero-order chi connectivity index (χ0) is 8.32. The zero-order valence-electron chi connectivity index (χ0n) is 7.91. The van der Waals surface area contributed by atoms with Crippen LogP contribution < -0.4 is 10.6 Å². The molecule has 1 fully saturated rings. The van der Waals surface area contributed by atoms with E-state index in [1.165, 1.54) is 12.8 Å². The van der Waals surface area contributed by atoms with E-state index in [1.807, 2.05) is 0 Å². The van der Waals surface area contributed by atoms with E-state index in [4.69, 9.17) is 0 Å². The molecule has 0 bridgehead atoms. The first kappa shape index (κ1) is 9.01. The first-order valence-electron chi connectivity index (χ1n) is 4.65. The molecule has 1 aliphatic rings. The first-order valence-corrected chi connectivity index (χ1v) is 4.65. The van der Waals surface area contributed by atoms with E-state index in [1.54, 1.807) is 0 Å². The molecule has 0 saturated carbocycles. The van der Waals surface area contributed by atoms with Crippen molar-refractivity contribution in [2.45, 2.75) is 45.2 Å². The third-order valence-corrected chi connectivity index (χ3v) is 2.54. The van der Waals surface area contributed by atoms with Gasteiger partial charge in [-0.1, -0.05) is 13.3 Å². The Labute approximate surface area is 69.8 Å². The number of hydrogen-bond acceptors (Lipinski definition) is 2. The maximum atomic E-state index is 3.55. The standard InChI is InChI=1S/C9H20N2/c1-4-5-8-9(2,3)11-7-6-10-8/h8,10-11H,4-7H2,1-3H3. The van der Waals surface area contributed by atoms with E-state index in [0.717, 1.165) is 13.1 Å². The molecule has 0 amide bonds. The highest BCUT2D eigenvalue weighted by atomic mass is 15.1. The van der Waals surface area contributed by atoms with Gasteiger partial charge in [0.25, 0.3) is 0 Å². The Kier molecular flexibility index (Phi) is 2.90. The van der Waals surface area contributed by atoms with Crippen molar-refractivity contribution in [3.8, 4) is 0 Å². The molecule has 0 spiro atoms. The van der Waals surface area contributed by atoms with Gasteiger partial charge in [0.15, 0.2) is 0 Å². The largest absolute Gasteiger partial charge is 0.311 e. The summed E-state index contributed by atoms with van der Waals surface area (Å²) in [7, 11) is 0. The molecule has 2 heteroatoms. The summed E-state index contributed by atoms with van der Waals surface area (Å²) in [4.78, 5) is 0. The molecule has 1 saturated heterocycles. The lowest BCUT2D eigenvalue weighted by molar-refractivity contribution is 0.224. The van der Waals surface area contributed by atoms with Crippen molar-refractivity contribution in [1.82, 2.24) is 10.6 Å². The molecular formula is C9H20N2. The Balaban J connectivity index is 2.45. The molecular weight excluding hydrogens is 136 g/mol. The van der Waals surface area contributed by atoms with Gasteiger partial charge in [0.05, 0.1) is 0 Å². The maximum absolute atomic E-state index is 3.55. The van der Waals surface area contributed by atoms with Crippen LogP contribution in [0.1, 0.15) is 33.6 Å². The number of nitrogens with one attached hydrogen (secondary N) is 2. The van der Waals surface area contributed by atoms with E-state index in [9.17, 15) is 0 Å². The molecule has 1 rings (SSSR count). The maximum Gasteiger partial charge on any atom is 0.0278 e.